The second kappa shape index (κ2) is 10.5. The highest BCUT2D eigenvalue weighted by Crippen LogP contribution is 2.33. The van der Waals surface area contributed by atoms with Crippen molar-refractivity contribution in [1.29, 1.82) is 0 Å². The fourth-order valence-corrected chi connectivity index (χ4v) is 6.18. The summed E-state index contributed by atoms with van der Waals surface area (Å²) >= 11 is 0. The average Bonchev–Trinajstić information content (AvgIpc) is 3.40. The van der Waals surface area contributed by atoms with Crippen molar-refractivity contribution >= 4 is 17.7 Å². The number of amides is 3. The summed E-state index contributed by atoms with van der Waals surface area (Å²) in [6.07, 6.45) is 0.806. The molecule has 5 aliphatic rings. The molecule has 208 valence electrons. The summed E-state index contributed by atoms with van der Waals surface area (Å²) < 4.78 is 11.9. The average molecular weight is 533 g/mol. The molecular formula is C25H36N6O7. The summed E-state index contributed by atoms with van der Waals surface area (Å²) in [6.45, 7) is 2.40. The van der Waals surface area contributed by atoms with Crippen molar-refractivity contribution in [3.8, 4) is 0 Å². The van der Waals surface area contributed by atoms with Crippen LogP contribution in [0.4, 0.5) is 0 Å². The molecule has 0 spiro atoms. The molecule has 1 aliphatic carbocycles. The molecule has 7 atom stereocenters. The SMILES string of the molecule is O=C1C[C@@H]2O[C@H](CN(C(=O)C3CC3)C[C@@H]3CN(CCO3)C(=O)[C@@H]3C[C@@H](CN3Cc3ncc[nH]3)N1)[C@@H](O)[C@H]2O. The summed E-state index contributed by atoms with van der Waals surface area (Å²) in [4.78, 5) is 52.7. The first-order chi connectivity index (χ1) is 18.4. The number of nitrogens with one attached hydrogen (secondary N) is 2. The predicted molar refractivity (Wildman–Crippen MR) is 130 cm³/mol. The lowest BCUT2D eigenvalue weighted by Gasteiger charge is -2.38. The number of hydrogen-bond donors (Lipinski definition) is 4. The minimum atomic E-state index is -1.24. The molecule has 0 radical (unpaired) electrons. The maximum atomic E-state index is 13.8. The van der Waals surface area contributed by atoms with E-state index in [-0.39, 0.29) is 55.3 Å². The molecule has 13 heteroatoms. The third-order valence-corrected chi connectivity index (χ3v) is 8.32. The van der Waals surface area contributed by atoms with Crippen LogP contribution in [0.2, 0.25) is 0 Å². The zero-order valence-electron chi connectivity index (χ0n) is 21.3. The van der Waals surface area contributed by atoms with Crippen LogP contribution in [0.25, 0.3) is 0 Å². The van der Waals surface area contributed by atoms with Crippen LogP contribution in [0.3, 0.4) is 0 Å². The van der Waals surface area contributed by atoms with E-state index in [4.69, 9.17) is 9.47 Å². The highest BCUT2D eigenvalue weighted by atomic mass is 16.5. The van der Waals surface area contributed by atoms with E-state index in [1.165, 1.54) is 0 Å². The van der Waals surface area contributed by atoms with Gasteiger partial charge in [-0.3, -0.25) is 19.3 Å². The molecule has 6 rings (SSSR count). The largest absolute Gasteiger partial charge is 0.388 e. The van der Waals surface area contributed by atoms with Gasteiger partial charge in [0.15, 0.2) is 0 Å². The van der Waals surface area contributed by atoms with Gasteiger partial charge in [-0.25, -0.2) is 4.98 Å². The summed E-state index contributed by atoms with van der Waals surface area (Å²) in [7, 11) is 0. The van der Waals surface area contributed by atoms with Gasteiger partial charge in [-0.2, -0.15) is 0 Å². The molecular weight excluding hydrogens is 496 g/mol. The molecule has 1 aromatic rings. The van der Waals surface area contributed by atoms with Crippen molar-refractivity contribution in [2.45, 2.75) is 74.8 Å². The summed E-state index contributed by atoms with van der Waals surface area (Å²) in [5.74, 6) is 0.299. The number of imidazole rings is 1. The molecule has 0 unspecified atom stereocenters. The first kappa shape index (κ1) is 25.7. The number of carbonyl (C=O) groups is 3. The third-order valence-electron chi connectivity index (χ3n) is 8.32. The number of likely N-dealkylation sites (tertiary alicyclic amines) is 1. The van der Waals surface area contributed by atoms with Gasteiger partial charge in [0.25, 0.3) is 0 Å². The van der Waals surface area contributed by atoms with E-state index in [9.17, 15) is 24.6 Å². The first-order valence-corrected chi connectivity index (χ1v) is 13.6. The standard InChI is InChI=1S/C25H36N6O7/c32-21-8-18-22(33)23(34)19(38-18)12-31(24(35)14-1-2-14)11-16-10-29(5-6-37-16)25(36)17-7-15(28-21)9-30(17)13-20-26-3-4-27-20/h3-4,14-19,22-23,33-34H,1-2,5-13H2,(H,26,27)(H,28,32)/t15-,16-,17-,18-,19+,22-,23+/m0/s1. The number of aliphatic hydroxyl groups excluding tert-OH is 2. The summed E-state index contributed by atoms with van der Waals surface area (Å²) in [6, 6.07) is -0.706. The minimum Gasteiger partial charge on any atom is -0.388 e. The Bertz CT molecular complexity index is 1040. The van der Waals surface area contributed by atoms with Gasteiger partial charge in [0, 0.05) is 57.1 Å². The lowest BCUT2D eigenvalue weighted by Crippen LogP contribution is -2.55. The molecule has 3 amide bonds. The Labute approximate surface area is 220 Å². The number of ether oxygens (including phenoxy) is 2. The molecule has 1 saturated carbocycles. The number of rotatable bonds is 3. The molecule has 13 nitrogen and oxygen atoms in total. The Morgan fingerprint density at radius 2 is 1.92 bits per heavy atom. The molecule has 1 aromatic heterocycles. The Morgan fingerprint density at radius 3 is 2.68 bits per heavy atom. The fourth-order valence-electron chi connectivity index (χ4n) is 6.18. The predicted octanol–water partition coefficient (Wildman–Crippen LogP) is -2.17. The molecule has 0 aromatic carbocycles. The molecule has 5 fully saturated rings. The van der Waals surface area contributed by atoms with Gasteiger partial charge in [-0.1, -0.05) is 0 Å². The number of aromatic amines is 1. The van der Waals surface area contributed by atoms with Crippen molar-refractivity contribution < 1.29 is 34.1 Å². The molecule has 4 aliphatic heterocycles. The number of morpholine rings is 1. The Hall–Kier alpha value is -2.58. The van der Waals surface area contributed by atoms with Gasteiger partial charge < -0.3 is 39.8 Å². The van der Waals surface area contributed by atoms with Gasteiger partial charge in [0.2, 0.25) is 17.7 Å². The van der Waals surface area contributed by atoms with Crippen molar-refractivity contribution in [2.24, 2.45) is 5.92 Å². The van der Waals surface area contributed by atoms with Crippen molar-refractivity contribution in [2.75, 3.05) is 39.3 Å². The van der Waals surface area contributed by atoms with Crippen molar-refractivity contribution in [1.82, 2.24) is 30.0 Å². The molecule has 4 saturated heterocycles. The maximum Gasteiger partial charge on any atom is 0.240 e. The topological polar surface area (TPSA) is 161 Å². The van der Waals surface area contributed by atoms with Crippen LogP contribution in [0.1, 0.15) is 31.5 Å². The van der Waals surface area contributed by atoms with Crippen molar-refractivity contribution in [3.63, 3.8) is 0 Å². The smallest absolute Gasteiger partial charge is 0.240 e. The van der Waals surface area contributed by atoms with E-state index in [1.54, 1.807) is 22.2 Å². The second-order valence-electron chi connectivity index (χ2n) is 11.2. The number of fused-ring (bicyclic) bond motifs is 6. The normalized spacial score (nSPS) is 36.9. The lowest BCUT2D eigenvalue weighted by atomic mass is 10.0. The number of nitrogens with zero attached hydrogens (tertiary/aromatic N) is 4. The number of aromatic nitrogens is 2. The Kier molecular flexibility index (Phi) is 7.12. The van der Waals surface area contributed by atoms with E-state index in [1.807, 2.05) is 4.90 Å². The summed E-state index contributed by atoms with van der Waals surface area (Å²) in [5, 5.41) is 24.4. The maximum absolute atomic E-state index is 13.8. The van der Waals surface area contributed by atoms with E-state index < -0.39 is 30.5 Å². The van der Waals surface area contributed by atoms with Crippen LogP contribution in [-0.4, -0.2) is 135 Å². The number of H-pyrrole nitrogens is 1. The first-order valence-electron chi connectivity index (χ1n) is 13.6. The molecule has 6 bridgehead atoms. The highest BCUT2D eigenvalue weighted by Gasteiger charge is 2.47. The monoisotopic (exact) mass is 532 g/mol. The van der Waals surface area contributed by atoms with E-state index in [0.29, 0.717) is 39.2 Å². The molecule has 4 N–H and O–H groups in total. The number of carbonyl (C=O) groups excluding carboxylic acids is 3. The van der Waals surface area contributed by atoms with Crippen LogP contribution >= 0.6 is 0 Å². The van der Waals surface area contributed by atoms with Crippen LogP contribution < -0.4 is 5.32 Å². The fraction of sp³-hybridized carbons (Fsp3) is 0.760. The van der Waals surface area contributed by atoms with Gasteiger partial charge in [0.1, 0.15) is 24.1 Å². The zero-order valence-corrected chi connectivity index (χ0v) is 21.3. The third kappa shape index (κ3) is 5.30. The van der Waals surface area contributed by atoms with Crippen LogP contribution in [0, 0.1) is 5.92 Å². The quantitative estimate of drug-likeness (QED) is 0.340. The van der Waals surface area contributed by atoms with Gasteiger partial charge in [-0.05, 0) is 19.3 Å². The second-order valence-corrected chi connectivity index (χ2v) is 11.2. The Morgan fingerprint density at radius 1 is 1.11 bits per heavy atom. The van der Waals surface area contributed by atoms with Crippen molar-refractivity contribution in [3.05, 3.63) is 18.2 Å². The molecule has 5 heterocycles. The number of hydrogen-bond acceptors (Lipinski definition) is 9. The van der Waals surface area contributed by atoms with Crippen LogP contribution in [0.15, 0.2) is 12.4 Å². The van der Waals surface area contributed by atoms with Crippen LogP contribution in [0.5, 0.6) is 0 Å². The Balaban J connectivity index is 1.26. The van der Waals surface area contributed by atoms with E-state index in [2.05, 4.69) is 15.3 Å². The van der Waals surface area contributed by atoms with E-state index in [0.717, 1.165) is 18.7 Å². The number of aliphatic hydroxyl groups is 2. The lowest BCUT2D eigenvalue weighted by molar-refractivity contribution is -0.147. The highest BCUT2D eigenvalue weighted by molar-refractivity contribution is 5.83. The molecule has 38 heavy (non-hydrogen) atoms. The summed E-state index contributed by atoms with van der Waals surface area (Å²) in [5.41, 5.74) is 0. The zero-order chi connectivity index (χ0) is 26.4. The minimum absolute atomic E-state index is 0.0250. The van der Waals surface area contributed by atoms with Gasteiger partial charge in [-0.15, -0.1) is 0 Å². The van der Waals surface area contributed by atoms with Gasteiger partial charge in [0.05, 0.1) is 37.8 Å². The van der Waals surface area contributed by atoms with E-state index >= 15 is 0 Å². The van der Waals surface area contributed by atoms with Crippen LogP contribution in [-0.2, 0) is 30.4 Å². The van der Waals surface area contributed by atoms with Gasteiger partial charge >= 0.3 is 0 Å².